The summed E-state index contributed by atoms with van der Waals surface area (Å²) >= 11 is 7.26. The smallest absolute Gasteiger partial charge is 0.227 e. The van der Waals surface area contributed by atoms with Gasteiger partial charge in [0.05, 0.1) is 16.5 Å². The number of hydrogen-bond acceptors (Lipinski definition) is 5. The zero-order valence-electron chi connectivity index (χ0n) is 11.1. The molecule has 2 rings (SSSR count). The molecule has 0 aliphatic carbocycles. The molecule has 0 saturated heterocycles. The summed E-state index contributed by atoms with van der Waals surface area (Å²) in [7, 11) is 0. The number of halogens is 1. The zero-order chi connectivity index (χ0) is 15.4. The molecular formula is C14H11ClN4OS. The highest BCUT2D eigenvalue weighted by Crippen LogP contribution is 2.29. The van der Waals surface area contributed by atoms with Gasteiger partial charge in [-0.05, 0) is 19.1 Å². The Morgan fingerprint density at radius 3 is 2.76 bits per heavy atom. The average Bonchev–Trinajstić information content (AvgIpc) is 2.45. The summed E-state index contributed by atoms with van der Waals surface area (Å²) in [6.45, 7) is 1.72. The zero-order valence-corrected chi connectivity index (χ0v) is 12.7. The molecule has 0 saturated carbocycles. The molecule has 0 fully saturated rings. The first-order valence-electron chi connectivity index (χ1n) is 5.97. The number of rotatable bonds is 4. The number of aromatic nitrogens is 2. The largest absolute Gasteiger partial charge is 0.369 e. The van der Waals surface area contributed by atoms with Crippen LogP contribution in [0.1, 0.15) is 11.3 Å². The van der Waals surface area contributed by atoms with Crippen molar-refractivity contribution in [2.75, 3.05) is 5.75 Å². The Morgan fingerprint density at radius 2 is 2.14 bits per heavy atom. The molecule has 0 aliphatic heterocycles. The molecular weight excluding hydrogens is 308 g/mol. The molecule has 1 amide bonds. The summed E-state index contributed by atoms with van der Waals surface area (Å²) in [6, 6.07) is 9.23. The van der Waals surface area contributed by atoms with E-state index in [0.717, 1.165) is 11.8 Å². The lowest BCUT2D eigenvalue weighted by molar-refractivity contribution is -0.115. The highest BCUT2D eigenvalue weighted by molar-refractivity contribution is 8.00. The second-order valence-corrected chi connectivity index (χ2v) is 5.53. The van der Waals surface area contributed by atoms with Crippen LogP contribution in [0.25, 0.3) is 11.4 Å². The van der Waals surface area contributed by atoms with Gasteiger partial charge in [0.15, 0.2) is 5.82 Å². The van der Waals surface area contributed by atoms with Crippen molar-refractivity contribution in [3.8, 4) is 17.5 Å². The van der Waals surface area contributed by atoms with E-state index in [1.54, 1.807) is 19.1 Å². The number of nitrogens with zero attached hydrogens (tertiary/aromatic N) is 3. The number of carbonyl (C=O) groups excluding carboxylic acids is 1. The topological polar surface area (TPSA) is 92.7 Å². The molecule has 106 valence electrons. The lowest BCUT2D eigenvalue weighted by Gasteiger charge is -2.09. The van der Waals surface area contributed by atoms with Gasteiger partial charge < -0.3 is 5.73 Å². The van der Waals surface area contributed by atoms with Gasteiger partial charge in [-0.1, -0.05) is 35.5 Å². The summed E-state index contributed by atoms with van der Waals surface area (Å²) in [5.74, 6) is -0.00359. The molecule has 0 spiro atoms. The fraction of sp³-hybridized carbons (Fsp3) is 0.143. The van der Waals surface area contributed by atoms with E-state index in [1.807, 2.05) is 18.2 Å². The maximum atomic E-state index is 10.9. The Bertz CT molecular complexity index is 742. The van der Waals surface area contributed by atoms with Gasteiger partial charge in [-0.25, -0.2) is 9.97 Å². The third kappa shape index (κ3) is 3.51. The summed E-state index contributed by atoms with van der Waals surface area (Å²) in [6.07, 6.45) is 0. The van der Waals surface area contributed by atoms with Gasteiger partial charge in [0, 0.05) is 5.56 Å². The third-order valence-electron chi connectivity index (χ3n) is 2.63. The van der Waals surface area contributed by atoms with Crippen molar-refractivity contribution in [2.45, 2.75) is 11.9 Å². The molecule has 21 heavy (non-hydrogen) atoms. The van der Waals surface area contributed by atoms with Crippen molar-refractivity contribution in [3.05, 3.63) is 40.5 Å². The number of hydrogen-bond donors (Lipinski definition) is 1. The predicted molar refractivity (Wildman–Crippen MR) is 81.8 cm³/mol. The van der Waals surface area contributed by atoms with Crippen LogP contribution in [0.2, 0.25) is 5.02 Å². The summed E-state index contributed by atoms with van der Waals surface area (Å²) in [5, 5.41) is 10.1. The quantitative estimate of drug-likeness (QED) is 0.690. The van der Waals surface area contributed by atoms with E-state index in [9.17, 15) is 10.1 Å². The summed E-state index contributed by atoms with van der Waals surface area (Å²) < 4.78 is 0. The molecule has 7 heteroatoms. The van der Waals surface area contributed by atoms with E-state index in [4.69, 9.17) is 17.3 Å². The van der Waals surface area contributed by atoms with E-state index in [0.29, 0.717) is 32.7 Å². The molecule has 2 N–H and O–H groups in total. The van der Waals surface area contributed by atoms with E-state index >= 15 is 0 Å². The SMILES string of the molecule is Cc1nc(-c2ccccc2Cl)nc(SCC(N)=O)c1C#N. The Balaban J connectivity index is 2.52. The fourth-order valence-corrected chi connectivity index (χ4v) is 2.67. The van der Waals surface area contributed by atoms with Gasteiger partial charge in [0.1, 0.15) is 16.7 Å². The molecule has 0 unspecified atom stereocenters. The van der Waals surface area contributed by atoms with E-state index in [2.05, 4.69) is 9.97 Å². The van der Waals surface area contributed by atoms with Crippen LogP contribution in [-0.2, 0) is 4.79 Å². The molecule has 1 aromatic heterocycles. The molecule has 0 radical (unpaired) electrons. The normalized spacial score (nSPS) is 10.1. The van der Waals surface area contributed by atoms with Gasteiger partial charge >= 0.3 is 0 Å². The summed E-state index contributed by atoms with van der Waals surface area (Å²) in [5.41, 5.74) is 6.69. The Hall–Kier alpha value is -2.10. The van der Waals surface area contributed by atoms with Crippen molar-refractivity contribution in [3.63, 3.8) is 0 Å². The average molecular weight is 319 g/mol. The highest BCUT2D eigenvalue weighted by atomic mass is 35.5. The van der Waals surface area contributed by atoms with Crippen LogP contribution in [0.3, 0.4) is 0 Å². The minimum Gasteiger partial charge on any atom is -0.369 e. The highest BCUT2D eigenvalue weighted by Gasteiger charge is 2.15. The maximum absolute atomic E-state index is 10.9. The van der Waals surface area contributed by atoms with Crippen LogP contribution in [0.5, 0.6) is 0 Å². The minimum atomic E-state index is -0.473. The Labute approximate surface area is 131 Å². The molecule has 0 aliphatic rings. The molecule has 2 aromatic rings. The lowest BCUT2D eigenvalue weighted by atomic mass is 10.2. The monoisotopic (exact) mass is 318 g/mol. The predicted octanol–water partition coefficient (Wildman–Crippen LogP) is 2.55. The molecule has 0 atom stereocenters. The molecule has 1 aromatic carbocycles. The van der Waals surface area contributed by atoms with Crippen LogP contribution in [-0.4, -0.2) is 21.6 Å². The molecule has 0 bridgehead atoms. The van der Waals surface area contributed by atoms with E-state index < -0.39 is 5.91 Å². The lowest BCUT2D eigenvalue weighted by Crippen LogP contribution is -2.13. The first-order chi connectivity index (χ1) is 10.0. The van der Waals surface area contributed by atoms with Gasteiger partial charge in [-0.3, -0.25) is 4.79 Å². The number of nitrogens with two attached hydrogens (primary N) is 1. The van der Waals surface area contributed by atoms with E-state index in [1.165, 1.54) is 0 Å². The Morgan fingerprint density at radius 1 is 1.43 bits per heavy atom. The number of thioether (sulfide) groups is 1. The van der Waals surface area contributed by atoms with Crippen molar-refractivity contribution in [1.29, 1.82) is 5.26 Å². The molecule has 1 heterocycles. The number of primary amides is 1. The van der Waals surface area contributed by atoms with Crippen molar-refractivity contribution in [2.24, 2.45) is 5.73 Å². The standard InChI is InChI=1S/C14H11ClN4OS/c1-8-10(6-16)14(21-7-12(17)20)19-13(18-8)9-4-2-3-5-11(9)15/h2-5H,7H2,1H3,(H2,17,20). The second-order valence-electron chi connectivity index (χ2n) is 4.16. The summed E-state index contributed by atoms with van der Waals surface area (Å²) in [4.78, 5) is 19.6. The minimum absolute atomic E-state index is 0.0487. The van der Waals surface area contributed by atoms with Crippen LogP contribution in [0.4, 0.5) is 0 Å². The van der Waals surface area contributed by atoms with Gasteiger partial charge in [0.25, 0.3) is 0 Å². The third-order valence-corrected chi connectivity index (χ3v) is 3.96. The van der Waals surface area contributed by atoms with Gasteiger partial charge in [-0.2, -0.15) is 5.26 Å². The number of amides is 1. The van der Waals surface area contributed by atoms with Crippen molar-refractivity contribution < 1.29 is 4.79 Å². The maximum Gasteiger partial charge on any atom is 0.227 e. The fourth-order valence-electron chi connectivity index (χ4n) is 1.68. The first-order valence-corrected chi connectivity index (χ1v) is 7.34. The van der Waals surface area contributed by atoms with E-state index in [-0.39, 0.29) is 5.75 Å². The van der Waals surface area contributed by atoms with Crippen LogP contribution in [0, 0.1) is 18.3 Å². The number of nitriles is 1. The molecule has 5 nitrogen and oxygen atoms in total. The number of carbonyl (C=O) groups is 1. The van der Waals surface area contributed by atoms with Gasteiger partial charge in [0.2, 0.25) is 5.91 Å². The van der Waals surface area contributed by atoms with Crippen LogP contribution >= 0.6 is 23.4 Å². The Kier molecular flexibility index (Phi) is 4.78. The number of benzene rings is 1. The first kappa shape index (κ1) is 15.3. The van der Waals surface area contributed by atoms with Crippen molar-refractivity contribution in [1.82, 2.24) is 9.97 Å². The second kappa shape index (κ2) is 6.57. The van der Waals surface area contributed by atoms with Crippen molar-refractivity contribution >= 4 is 29.3 Å². The van der Waals surface area contributed by atoms with Crippen LogP contribution in [0.15, 0.2) is 29.3 Å². The number of aryl methyl sites for hydroxylation is 1. The van der Waals surface area contributed by atoms with Crippen LogP contribution < -0.4 is 5.73 Å². The van der Waals surface area contributed by atoms with Gasteiger partial charge in [-0.15, -0.1) is 0 Å².